The molecular weight excluding hydrogens is 296 g/mol. The van der Waals surface area contributed by atoms with E-state index in [0.717, 1.165) is 6.42 Å². The molecule has 0 N–H and O–H groups in total. The fraction of sp³-hybridized carbons (Fsp3) is 0.929. The van der Waals surface area contributed by atoms with Crippen LogP contribution in [-0.2, 0) is 14.3 Å². The second-order valence-corrected chi connectivity index (χ2v) is 7.17. The maximum absolute atomic E-state index is 12.0. The van der Waals surface area contributed by atoms with Gasteiger partial charge in [-0.1, -0.05) is 36.7 Å². The van der Waals surface area contributed by atoms with Crippen LogP contribution in [0.3, 0.4) is 0 Å². The molecule has 0 aromatic rings. The number of alkyl halides is 1. The molecule has 0 unspecified atom stereocenters. The van der Waals surface area contributed by atoms with Crippen molar-refractivity contribution in [2.24, 2.45) is 17.3 Å². The zero-order chi connectivity index (χ0) is 14.1. The van der Waals surface area contributed by atoms with Crippen molar-refractivity contribution in [3.05, 3.63) is 0 Å². The van der Waals surface area contributed by atoms with Crippen LogP contribution in [-0.4, -0.2) is 23.2 Å². The highest BCUT2D eigenvalue weighted by Gasteiger charge is 2.42. The Morgan fingerprint density at radius 1 is 1.28 bits per heavy atom. The fourth-order valence-corrected chi connectivity index (χ4v) is 3.04. The molecule has 106 valence electrons. The van der Waals surface area contributed by atoms with Crippen molar-refractivity contribution in [2.45, 2.75) is 65.2 Å². The molecule has 0 aliphatic carbocycles. The van der Waals surface area contributed by atoms with Gasteiger partial charge in [0, 0.05) is 5.92 Å². The standard InChI is InChI=1S/C14H25BrO3/c1-7-10-8(2)9(3)11(12(15)17-10)18-13(16)14(4,5)6/h8-12H,7H2,1-6H3/t8-,9-,10+,11-,12-/m0/s1. The van der Waals surface area contributed by atoms with E-state index in [1.807, 2.05) is 20.8 Å². The summed E-state index contributed by atoms with van der Waals surface area (Å²) in [6.07, 6.45) is 0.997. The molecule has 1 aliphatic rings. The molecule has 1 rings (SSSR count). The fourth-order valence-electron chi connectivity index (χ4n) is 2.17. The van der Waals surface area contributed by atoms with Gasteiger partial charge in [0.15, 0.2) is 0 Å². The summed E-state index contributed by atoms with van der Waals surface area (Å²) in [5.41, 5.74) is -0.475. The number of carbonyl (C=O) groups excluding carboxylic acids is 1. The summed E-state index contributed by atoms with van der Waals surface area (Å²) in [6, 6.07) is 0. The topological polar surface area (TPSA) is 35.5 Å². The first-order chi connectivity index (χ1) is 8.18. The van der Waals surface area contributed by atoms with Crippen LogP contribution >= 0.6 is 15.9 Å². The van der Waals surface area contributed by atoms with Crippen molar-refractivity contribution in [3.8, 4) is 0 Å². The molecular formula is C14H25BrO3. The third-order valence-corrected chi connectivity index (χ3v) is 4.49. The second-order valence-electron chi connectivity index (χ2n) is 6.27. The number of hydrogen-bond acceptors (Lipinski definition) is 3. The van der Waals surface area contributed by atoms with Crippen molar-refractivity contribution in [3.63, 3.8) is 0 Å². The van der Waals surface area contributed by atoms with Crippen molar-refractivity contribution >= 4 is 21.9 Å². The lowest BCUT2D eigenvalue weighted by Gasteiger charge is -2.42. The third kappa shape index (κ3) is 3.47. The monoisotopic (exact) mass is 320 g/mol. The van der Waals surface area contributed by atoms with Gasteiger partial charge in [0.25, 0.3) is 0 Å². The Morgan fingerprint density at radius 2 is 1.83 bits per heavy atom. The van der Waals surface area contributed by atoms with E-state index >= 15 is 0 Å². The highest BCUT2D eigenvalue weighted by Crippen LogP contribution is 2.37. The molecule has 0 radical (unpaired) electrons. The SMILES string of the molecule is CC[C@H]1O[C@H](Br)[C@@H](OC(=O)C(C)(C)C)[C@@H](C)[C@@H]1C. The van der Waals surface area contributed by atoms with Gasteiger partial charge in [-0.3, -0.25) is 4.79 Å². The maximum Gasteiger partial charge on any atom is 0.311 e. The smallest absolute Gasteiger partial charge is 0.311 e. The van der Waals surface area contributed by atoms with Crippen LogP contribution in [0.2, 0.25) is 0 Å². The largest absolute Gasteiger partial charge is 0.458 e. The molecule has 0 spiro atoms. The summed E-state index contributed by atoms with van der Waals surface area (Å²) in [7, 11) is 0. The van der Waals surface area contributed by atoms with Gasteiger partial charge < -0.3 is 9.47 Å². The van der Waals surface area contributed by atoms with E-state index < -0.39 is 5.41 Å². The minimum atomic E-state index is -0.475. The van der Waals surface area contributed by atoms with Gasteiger partial charge in [-0.25, -0.2) is 0 Å². The third-order valence-electron chi connectivity index (χ3n) is 3.75. The quantitative estimate of drug-likeness (QED) is 0.574. The number of halogens is 1. The maximum atomic E-state index is 12.0. The molecule has 0 saturated carbocycles. The van der Waals surface area contributed by atoms with Gasteiger partial charge in [-0.2, -0.15) is 0 Å². The Kier molecular flexibility index (Phi) is 5.24. The molecule has 0 aromatic heterocycles. The average Bonchev–Trinajstić information content (AvgIpc) is 2.27. The van der Waals surface area contributed by atoms with E-state index in [4.69, 9.17) is 9.47 Å². The van der Waals surface area contributed by atoms with E-state index in [-0.39, 0.29) is 23.2 Å². The Balaban J connectivity index is 2.74. The van der Waals surface area contributed by atoms with Crippen LogP contribution in [0.4, 0.5) is 0 Å². The average molecular weight is 321 g/mol. The van der Waals surface area contributed by atoms with Crippen LogP contribution in [0.1, 0.15) is 48.0 Å². The number of rotatable bonds is 2. The highest BCUT2D eigenvalue weighted by atomic mass is 79.9. The Labute approximate surface area is 119 Å². The van der Waals surface area contributed by atoms with Crippen LogP contribution < -0.4 is 0 Å². The first-order valence-electron chi connectivity index (χ1n) is 6.69. The van der Waals surface area contributed by atoms with Gasteiger partial charge in [-0.15, -0.1) is 0 Å². The van der Waals surface area contributed by atoms with Crippen LogP contribution in [0.15, 0.2) is 0 Å². The van der Waals surface area contributed by atoms with Crippen LogP contribution in [0, 0.1) is 17.3 Å². The minimum absolute atomic E-state index is 0.172. The first kappa shape index (κ1) is 16.0. The van der Waals surface area contributed by atoms with Gasteiger partial charge in [0.1, 0.15) is 11.1 Å². The highest BCUT2D eigenvalue weighted by molar-refractivity contribution is 9.09. The van der Waals surface area contributed by atoms with Crippen molar-refractivity contribution in [1.29, 1.82) is 0 Å². The van der Waals surface area contributed by atoms with E-state index in [2.05, 4.69) is 36.7 Å². The lowest BCUT2D eigenvalue weighted by Crippen LogP contribution is -2.49. The summed E-state index contributed by atoms with van der Waals surface area (Å²) >= 11 is 3.50. The number of ether oxygens (including phenoxy) is 2. The van der Waals surface area contributed by atoms with Gasteiger partial charge in [0.05, 0.1) is 11.5 Å². The van der Waals surface area contributed by atoms with E-state index in [1.165, 1.54) is 0 Å². The van der Waals surface area contributed by atoms with Gasteiger partial charge in [0.2, 0.25) is 0 Å². The lowest BCUT2D eigenvalue weighted by atomic mass is 9.83. The summed E-state index contributed by atoms with van der Waals surface area (Å²) in [4.78, 5) is 12.0. The number of hydrogen-bond donors (Lipinski definition) is 0. The predicted octanol–water partition coefficient (Wildman–Crippen LogP) is 3.75. The van der Waals surface area contributed by atoms with E-state index in [1.54, 1.807) is 0 Å². The van der Waals surface area contributed by atoms with Crippen molar-refractivity contribution < 1.29 is 14.3 Å². The molecule has 1 aliphatic heterocycles. The summed E-state index contributed by atoms with van der Waals surface area (Å²) < 4.78 is 11.5. The summed E-state index contributed by atoms with van der Waals surface area (Å²) in [5, 5.41) is -0.208. The molecule has 0 amide bonds. The zero-order valence-corrected chi connectivity index (χ0v) is 13.8. The lowest BCUT2D eigenvalue weighted by molar-refractivity contribution is -0.185. The Bertz CT molecular complexity index is 298. The molecule has 18 heavy (non-hydrogen) atoms. The Hall–Kier alpha value is -0.0900. The van der Waals surface area contributed by atoms with Crippen LogP contribution in [0.25, 0.3) is 0 Å². The molecule has 1 heterocycles. The molecule has 1 saturated heterocycles. The Morgan fingerprint density at radius 3 is 2.28 bits per heavy atom. The zero-order valence-electron chi connectivity index (χ0n) is 12.2. The first-order valence-corrected chi connectivity index (χ1v) is 7.60. The summed E-state index contributed by atoms with van der Waals surface area (Å²) in [5.74, 6) is 0.510. The normalized spacial score (nSPS) is 37.4. The van der Waals surface area contributed by atoms with Gasteiger partial charge in [-0.05, 0) is 33.1 Å². The van der Waals surface area contributed by atoms with Crippen molar-refractivity contribution in [2.75, 3.05) is 0 Å². The summed E-state index contributed by atoms with van der Waals surface area (Å²) in [6.45, 7) is 12.0. The van der Waals surface area contributed by atoms with Crippen LogP contribution in [0.5, 0.6) is 0 Å². The molecule has 4 heteroatoms. The van der Waals surface area contributed by atoms with Gasteiger partial charge >= 0.3 is 5.97 Å². The molecule has 3 nitrogen and oxygen atoms in total. The molecule has 1 fully saturated rings. The predicted molar refractivity (Wildman–Crippen MR) is 75.5 cm³/mol. The van der Waals surface area contributed by atoms with E-state index in [9.17, 15) is 4.79 Å². The number of carbonyl (C=O) groups is 1. The molecule has 5 atom stereocenters. The minimum Gasteiger partial charge on any atom is -0.458 e. The second kappa shape index (κ2) is 5.91. The molecule has 0 aromatic carbocycles. The van der Waals surface area contributed by atoms with Crippen molar-refractivity contribution in [1.82, 2.24) is 0 Å². The van der Waals surface area contributed by atoms with E-state index in [0.29, 0.717) is 11.8 Å². The number of esters is 1. The molecule has 0 bridgehead atoms.